The van der Waals surface area contributed by atoms with Crippen molar-refractivity contribution < 1.29 is 18.3 Å². The molecule has 0 saturated carbocycles. The summed E-state index contributed by atoms with van der Waals surface area (Å²) in [6.07, 6.45) is 0. The number of ether oxygens (including phenoxy) is 1. The van der Waals surface area contributed by atoms with E-state index in [2.05, 4.69) is 20.7 Å². The lowest BCUT2D eigenvalue weighted by atomic mass is 10.3. The molecule has 0 aliphatic heterocycles. The van der Waals surface area contributed by atoms with Gasteiger partial charge < -0.3 is 15.6 Å². The SMILES string of the molecule is Nc1ccc(S(=O)(=O)NCCOCCO)c(Br)c1. The van der Waals surface area contributed by atoms with E-state index in [1.54, 1.807) is 0 Å². The molecule has 0 atom stereocenters. The lowest BCUT2D eigenvalue weighted by Crippen LogP contribution is -2.28. The lowest BCUT2D eigenvalue weighted by molar-refractivity contribution is 0.0961. The van der Waals surface area contributed by atoms with Crippen molar-refractivity contribution in [3.63, 3.8) is 0 Å². The van der Waals surface area contributed by atoms with Crippen LogP contribution in [0.25, 0.3) is 0 Å². The fraction of sp³-hybridized carbons (Fsp3) is 0.400. The minimum absolute atomic E-state index is 0.0870. The van der Waals surface area contributed by atoms with Gasteiger partial charge in [-0.05, 0) is 34.1 Å². The van der Waals surface area contributed by atoms with E-state index in [0.717, 1.165) is 0 Å². The first-order valence-electron chi connectivity index (χ1n) is 5.20. The Morgan fingerprint density at radius 1 is 1.39 bits per heavy atom. The van der Waals surface area contributed by atoms with E-state index in [1.807, 2.05) is 0 Å². The number of hydrogen-bond acceptors (Lipinski definition) is 5. The first-order chi connectivity index (χ1) is 8.47. The van der Waals surface area contributed by atoms with Gasteiger partial charge in [-0.2, -0.15) is 0 Å². The molecule has 0 radical (unpaired) electrons. The van der Waals surface area contributed by atoms with Crippen LogP contribution in [-0.4, -0.2) is 39.9 Å². The minimum Gasteiger partial charge on any atom is -0.399 e. The van der Waals surface area contributed by atoms with E-state index in [0.29, 0.717) is 10.2 Å². The van der Waals surface area contributed by atoms with Gasteiger partial charge in [-0.15, -0.1) is 0 Å². The van der Waals surface area contributed by atoms with Crippen LogP contribution in [0.1, 0.15) is 0 Å². The van der Waals surface area contributed by atoms with Gasteiger partial charge in [0, 0.05) is 16.7 Å². The van der Waals surface area contributed by atoms with Crippen molar-refractivity contribution in [2.24, 2.45) is 0 Å². The summed E-state index contributed by atoms with van der Waals surface area (Å²) < 4.78 is 31.6. The van der Waals surface area contributed by atoms with E-state index in [9.17, 15) is 8.42 Å². The fourth-order valence-electron chi connectivity index (χ4n) is 1.23. The third-order valence-corrected chi connectivity index (χ3v) is 4.46. The molecule has 18 heavy (non-hydrogen) atoms. The number of anilines is 1. The zero-order valence-electron chi connectivity index (χ0n) is 9.60. The maximum Gasteiger partial charge on any atom is 0.241 e. The summed E-state index contributed by atoms with van der Waals surface area (Å²) in [6, 6.07) is 4.47. The largest absolute Gasteiger partial charge is 0.399 e. The van der Waals surface area contributed by atoms with Gasteiger partial charge in [-0.3, -0.25) is 0 Å². The first-order valence-corrected chi connectivity index (χ1v) is 7.48. The van der Waals surface area contributed by atoms with Crippen molar-refractivity contribution in [2.75, 3.05) is 32.1 Å². The predicted octanol–water partition coefficient (Wildman–Crippen LogP) is 0.318. The number of aliphatic hydroxyl groups is 1. The number of hydrogen-bond donors (Lipinski definition) is 3. The van der Waals surface area contributed by atoms with E-state index in [1.165, 1.54) is 18.2 Å². The van der Waals surface area contributed by atoms with Gasteiger partial charge in [0.05, 0.1) is 24.7 Å². The van der Waals surface area contributed by atoms with Crippen LogP contribution in [0.5, 0.6) is 0 Å². The summed E-state index contributed by atoms with van der Waals surface area (Å²) >= 11 is 3.15. The van der Waals surface area contributed by atoms with Crippen LogP contribution < -0.4 is 10.5 Å². The molecule has 0 heterocycles. The predicted molar refractivity (Wildman–Crippen MR) is 71.6 cm³/mol. The molecule has 0 fully saturated rings. The quantitative estimate of drug-likeness (QED) is 0.491. The van der Waals surface area contributed by atoms with Gasteiger partial charge in [0.25, 0.3) is 0 Å². The molecule has 4 N–H and O–H groups in total. The number of sulfonamides is 1. The molecule has 0 amide bonds. The highest BCUT2D eigenvalue weighted by atomic mass is 79.9. The summed E-state index contributed by atoms with van der Waals surface area (Å²) in [5, 5.41) is 8.48. The molecule has 1 rings (SSSR count). The number of nitrogen functional groups attached to an aromatic ring is 1. The number of rotatable bonds is 7. The van der Waals surface area contributed by atoms with Gasteiger partial charge in [-0.1, -0.05) is 0 Å². The second kappa shape index (κ2) is 7.05. The second-order valence-corrected chi connectivity index (χ2v) is 6.01. The fourth-order valence-corrected chi connectivity index (χ4v) is 3.33. The van der Waals surface area contributed by atoms with E-state index < -0.39 is 10.0 Å². The molecule has 1 aromatic rings. The van der Waals surface area contributed by atoms with E-state index in [4.69, 9.17) is 15.6 Å². The number of nitrogens with one attached hydrogen (secondary N) is 1. The topological polar surface area (TPSA) is 102 Å². The Labute approximate surface area is 114 Å². The van der Waals surface area contributed by atoms with Crippen molar-refractivity contribution >= 4 is 31.6 Å². The van der Waals surface area contributed by atoms with Crippen LogP contribution in [0, 0.1) is 0 Å². The van der Waals surface area contributed by atoms with Crippen LogP contribution in [0.2, 0.25) is 0 Å². The van der Waals surface area contributed by atoms with E-state index >= 15 is 0 Å². The Balaban J connectivity index is 2.63. The van der Waals surface area contributed by atoms with E-state index in [-0.39, 0.29) is 31.3 Å². The first kappa shape index (κ1) is 15.4. The maximum atomic E-state index is 11.9. The normalized spacial score (nSPS) is 11.7. The Hall–Kier alpha value is -0.670. The van der Waals surface area contributed by atoms with Crippen molar-refractivity contribution in [1.29, 1.82) is 0 Å². The monoisotopic (exact) mass is 338 g/mol. The average Bonchev–Trinajstić information content (AvgIpc) is 2.28. The molecule has 0 unspecified atom stereocenters. The molecule has 0 saturated heterocycles. The zero-order chi connectivity index (χ0) is 13.6. The molecule has 0 aromatic heterocycles. The Morgan fingerprint density at radius 2 is 2.11 bits per heavy atom. The van der Waals surface area contributed by atoms with Crippen LogP contribution >= 0.6 is 15.9 Å². The molecule has 0 aliphatic rings. The van der Waals surface area contributed by atoms with Crippen LogP contribution in [0.15, 0.2) is 27.6 Å². The molecular formula is C10H15BrN2O4S. The summed E-state index contributed by atoms with van der Waals surface area (Å²) in [5.74, 6) is 0. The van der Waals surface area contributed by atoms with Gasteiger partial charge in [0.15, 0.2) is 0 Å². The standard InChI is InChI=1S/C10H15BrN2O4S/c11-9-7-8(12)1-2-10(9)18(15,16)13-3-5-17-6-4-14/h1-2,7,13-14H,3-6,12H2. The Kier molecular flexibility index (Phi) is 6.03. The number of benzene rings is 1. The highest BCUT2D eigenvalue weighted by Crippen LogP contribution is 2.23. The molecule has 0 spiro atoms. The van der Waals surface area contributed by atoms with Crippen molar-refractivity contribution in [1.82, 2.24) is 4.72 Å². The van der Waals surface area contributed by atoms with Gasteiger partial charge >= 0.3 is 0 Å². The lowest BCUT2D eigenvalue weighted by Gasteiger charge is -2.09. The Morgan fingerprint density at radius 3 is 2.72 bits per heavy atom. The Bertz CT molecular complexity index is 493. The van der Waals surface area contributed by atoms with Crippen LogP contribution in [0.4, 0.5) is 5.69 Å². The number of nitrogens with two attached hydrogens (primary N) is 1. The molecule has 1 aromatic carbocycles. The van der Waals surface area contributed by atoms with Crippen molar-refractivity contribution in [2.45, 2.75) is 4.90 Å². The summed E-state index contributed by atoms with van der Waals surface area (Å²) in [6.45, 7) is 0.440. The summed E-state index contributed by atoms with van der Waals surface area (Å²) in [5.41, 5.74) is 6.02. The number of halogens is 1. The molecule has 0 bridgehead atoms. The molecule has 8 heteroatoms. The smallest absolute Gasteiger partial charge is 0.241 e. The van der Waals surface area contributed by atoms with Crippen LogP contribution in [0.3, 0.4) is 0 Å². The van der Waals surface area contributed by atoms with Crippen molar-refractivity contribution in [3.8, 4) is 0 Å². The zero-order valence-corrected chi connectivity index (χ0v) is 12.0. The van der Waals surface area contributed by atoms with Gasteiger partial charge in [-0.25, -0.2) is 13.1 Å². The highest BCUT2D eigenvalue weighted by molar-refractivity contribution is 9.10. The summed E-state index contributed by atoms with van der Waals surface area (Å²) in [4.78, 5) is 0.124. The molecule has 0 aliphatic carbocycles. The molecular weight excluding hydrogens is 324 g/mol. The van der Waals surface area contributed by atoms with Crippen molar-refractivity contribution in [3.05, 3.63) is 22.7 Å². The minimum atomic E-state index is -3.59. The molecule has 102 valence electrons. The van der Waals surface area contributed by atoms with Crippen LogP contribution in [-0.2, 0) is 14.8 Å². The third kappa shape index (κ3) is 4.54. The molecule has 6 nitrogen and oxygen atoms in total. The third-order valence-electron chi connectivity index (χ3n) is 2.02. The second-order valence-electron chi connectivity index (χ2n) is 3.42. The average molecular weight is 339 g/mol. The van der Waals surface area contributed by atoms with Gasteiger partial charge in [0.1, 0.15) is 0 Å². The summed E-state index contributed by atoms with van der Waals surface area (Å²) in [7, 11) is -3.59. The van der Waals surface area contributed by atoms with Gasteiger partial charge in [0.2, 0.25) is 10.0 Å². The number of aliphatic hydroxyl groups excluding tert-OH is 1. The highest BCUT2D eigenvalue weighted by Gasteiger charge is 2.16. The maximum absolute atomic E-state index is 11.9.